The Hall–Kier alpha value is -2.54. The number of rotatable bonds is 10. The van der Waals surface area contributed by atoms with Gasteiger partial charge in [-0.3, -0.25) is 4.79 Å². The fourth-order valence-corrected chi connectivity index (χ4v) is 4.06. The third kappa shape index (κ3) is 4.78. The lowest BCUT2D eigenvalue weighted by Gasteiger charge is -2.16. The molecule has 2 heterocycles. The normalized spacial score (nSPS) is 12.2. The minimum Gasteiger partial charge on any atom is -0.464 e. The SMILES string of the molecule is CCCCn1c2ccccc2c2cc(C(=O)N[C@@H](CCSC)C(=O)OCC)ncc21. The highest BCUT2D eigenvalue weighted by molar-refractivity contribution is 7.98. The summed E-state index contributed by atoms with van der Waals surface area (Å²) in [6.45, 7) is 5.13. The number of ether oxygens (including phenoxy) is 1. The molecule has 0 spiro atoms. The highest BCUT2D eigenvalue weighted by atomic mass is 32.2. The molecule has 7 heteroatoms. The van der Waals surface area contributed by atoms with Gasteiger partial charge in [-0.2, -0.15) is 11.8 Å². The van der Waals surface area contributed by atoms with Gasteiger partial charge < -0.3 is 14.6 Å². The van der Waals surface area contributed by atoms with E-state index in [4.69, 9.17) is 4.74 Å². The number of thioether (sulfide) groups is 1. The quantitative estimate of drug-likeness (QED) is 0.485. The molecule has 0 aliphatic rings. The van der Waals surface area contributed by atoms with E-state index in [9.17, 15) is 9.59 Å². The Bertz CT molecular complexity index is 1030. The number of carbonyl (C=O) groups is 2. The van der Waals surface area contributed by atoms with Gasteiger partial charge in [0.15, 0.2) is 0 Å². The molecule has 3 aromatic rings. The van der Waals surface area contributed by atoms with Gasteiger partial charge in [0.1, 0.15) is 11.7 Å². The van der Waals surface area contributed by atoms with Crippen molar-refractivity contribution >= 4 is 45.4 Å². The van der Waals surface area contributed by atoms with E-state index < -0.39 is 12.0 Å². The van der Waals surface area contributed by atoms with Crippen LogP contribution in [0.1, 0.15) is 43.6 Å². The van der Waals surface area contributed by atoms with Crippen LogP contribution >= 0.6 is 11.8 Å². The molecule has 0 fully saturated rings. The van der Waals surface area contributed by atoms with Crippen LogP contribution < -0.4 is 5.32 Å². The molecule has 0 aliphatic carbocycles. The van der Waals surface area contributed by atoms with Gasteiger partial charge >= 0.3 is 5.97 Å². The number of amides is 1. The van der Waals surface area contributed by atoms with Gasteiger partial charge in [0.05, 0.1) is 18.3 Å². The smallest absolute Gasteiger partial charge is 0.328 e. The van der Waals surface area contributed by atoms with E-state index in [-0.39, 0.29) is 12.5 Å². The molecular weight excluding hydrogens is 398 g/mol. The maximum atomic E-state index is 12.9. The molecule has 0 aliphatic heterocycles. The summed E-state index contributed by atoms with van der Waals surface area (Å²) in [5.41, 5.74) is 2.47. The zero-order chi connectivity index (χ0) is 21.5. The molecule has 1 amide bonds. The van der Waals surface area contributed by atoms with E-state index >= 15 is 0 Å². The van der Waals surface area contributed by atoms with E-state index in [0.29, 0.717) is 12.1 Å². The largest absolute Gasteiger partial charge is 0.464 e. The lowest BCUT2D eigenvalue weighted by molar-refractivity contribution is -0.145. The molecule has 0 saturated carbocycles. The van der Waals surface area contributed by atoms with E-state index in [0.717, 1.165) is 46.9 Å². The first kappa shape index (κ1) is 22.2. The van der Waals surface area contributed by atoms with Crippen LogP contribution in [0.15, 0.2) is 36.5 Å². The third-order valence-corrected chi connectivity index (χ3v) is 5.76. The summed E-state index contributed by atoms with van der Waals surface area (Å²) in [5, 5.41) is 4.91. The fourth-order valence-electron chi connectivity index (χ4n) is 3.59. The maximum absolute atomic E-state index is 12.9. The van der Waals surface area contributed by atoms with Crippen LogP contribution in [-0.4, -0.2) is 46.1 Å². The monoisotopic (exact) mass is 427 g/mol. The van der Waals surface area contributed by atoms with Crippen molar-refractivity contribution in [2.75, 3.05) is 18.6 Å². The Balaban J connectivity index is 1.93. The Morgan fingerprint density at radius 2 is 2.00 bits per heavy atom. The zero-order valence-electron chi connectivity index (χ0n) is 17.8. The first-order chi connectivity index (χ1) is 14.6. The number of nitrogens with one attached hydrogen (secondary N) is 1. The van der Waals surface area contributed by atoms with Crippen molar-refractivity contribution in [3.05, 3.63) is 42.2 Å². The second-order valence-electron chi connectivity index (χ2n) is 7.17. The first-order valence-corrected chi connectivity index (χ1v) is 11.8. The first-order valence-electron chi connectivity index (χ1n) is 10.4. The number of aromatic nitrogens is 2. The standard InChI is InChI=1S/C23H29N3O3S/c1-4-6-12-26-20-10-8-7-9-16(20)17-14-19(24-15-21(17)26)22(27)25-18(11-13-30-3)23(28)29-5-2/h7-10,14-15,18H,4-6,11-13H2,1-3H3,(H,25,27)/t18-/m0/s1. The molecule has 160 valence electrons. The van der Waals surface area contributed by atoms with Crippen molar-refractivity contribution in [3.8, 4) is 0 Å². The summed E-state index contributed by atoms with van der Waals surface area (Å²) in [5.74, 6) is -0.0141. The van der Waals surface area contributed by atoms with Crippen LogP contribution in [0.2, 0.25) is 0 Å². The van der Waals surface area contributed by atoms with Gasteiger partial charge in [-0.05, 0) is 43.9 Å². The Morgan fingerprint density at radius 1 is 1.20 bits per heavy atom. The number of hydrogen-bond acceptors (Lipinski definition) is 5. The van der Waals surface area contributed by atoms with Gasteiger partial charge in [-0.15, -0.1) is 0 Å². The molecule has 1 aromatic carbocycles. The predicted molar refractivity (Wildman–Crippen MR) is 123 cm³/mol. The summed E-state index contributed by atoms with van der Waals surface area (Å²) >= 11 is 1.62. The van der Waals surface area contributed by atoms with E-state index in [1.165, 1.54) is 0 Å². The number of aryl methyl sites for hydroxylation is 1. The molecular formula is C23H29N3O3S. The molecule has 0 unspecified atom stereocenters. The van der Waals surface area contributed by atoms with Crippen molar-refractivity contribution in [1.29, 1.82) is 0 Å². The lowest BCUT2D eigenvalue weighted by Crippen LogP contribution is -2.42. The molecule has 0 saturated heterocycles. The number of pyridine rings is 1. The average molecular weight is 428 g/mol. The lowest BCUT2D eigenvalue weighted by atomic mass is 10.1. The molecule has 1 atom stereocenters. The second-order valence-corrected chi connectivity index (χ2v) is 8.15. The highest BCUT2D eigenvalue weighted by Crippen LogP contribution is 2.29. The van der Waals surface area contributed by atoms with Crippen molar-refractivity contribution < 1.29 is 14.3 Å². The van der Waals surface area contributed by atoms with Gasteiger partial charge in [0, 0.05) is 22.8 Å². The summed E-state index contributed by atoms with van der Waals surface area (Å²) in [6.07, 6.45) is 6.43. The molecule has 30 heavy (non-hydrogen) atoms. The number of para-hydroxylation sites is 1. The molecule has 0 radical (unpaired) electrons. The minimum absolute atomic E-state index is 0.284. The number of carbonyl (C=O) groups excluding carboxylic acids is 2. The number of esters is 1. The van der Waals surface area contributed by atoms with Gasteiger partial charge in [-0.1, -0.05) is 31.5 Å². The third-order valence-electron chi connectivity index (χ3n) is 5.11. The predicted octanol–water partition coefficient (Wildman–Crippen LogP) is 4.40. The van der Waals surface area contributed by atoms with Crippen molar-refractivity contribution in [2.45, 2.75) is 45.7 Å². The van der Waals surface area contributed by atoms with Crippen molar-refractivity contribution in [3.63, 3.8) is 0 Å². The second kappa shape index (κ2) is 10.5. The van der Waals surface area contributed by atoms with Crippen LogP contribution in [0.5, 0.6) is 0 Å². The Kier molecular flexibility index (Phi) is 7.74. The molecule has 3 rings (SSSR count). The number of nitrogens with zero attached hydrogens (tertiary/aromatic N) is 2. The highest BCUT2D eigenvalue weighted by Gasteiger charge is 2.23. The maximum Gasteiger partial charge on any atom is 0.328 e. The summed E-state index contributed by atoms with van der Waals surface area (Å²) < 4.78 is 7.39. The average Bonchev–Trinajstić information content (AvgIpc) is 3.08. The van der Waals surface area contributed by atoms with Crippen LogP contribution in [0, 0.1) is 0 Å². The summed E-state index contributed by atoms with van der Waals surface area (Å²) in [4.78, 5) is 29.5. The number of unbranched alkanes of at least 4 members (excludes halogenated alkanes) is 1. The molecule has 6 nitrogen and oxygen atoms in total. The number of benzene rings is 1. The molecule has 1 N–H and O–H groups in total. The molecule has 2 aromatic heterocycles. The minimum atomic E-state index is -0.673. The van der Waals surface area contributed by atoms with Crippen LogP contribution in [0.3, 0.4) is 0 Å². The number of fused-ring (bicyclic) bond motifs is 3. The van der Waals surface area contributed by atoms with Crippen LogP contribution in [0.25, 0.3) is 21.8 Å². The van der Waals surface area contributed by atoms with Gasteiger partial charge in [0.25, 0.3) is 5.91 Å². The fraction of sp³-hybridized carbons (Fsp3) is 0.435. The van der Waals surface area contributed by atoms with E-state index in [2.05, 4.69) is 33.9 Å². The van der Waals surface area contributed by atoms with Crippen LogP contribution in [-0.2, 0) is 16.1 Å². The van der Waals surface area contributed by atoms with Crippen molar-refractivity contribution in [2.24, 2.45) is 0 Å². The topological polar surface area (TPSA) is 73.2 Å². The summed E-state index contributed by atoms with van der Waals surface area (Å²) in [7, 11) is 0. The number of hydrogen-bond donors (Lipinski definition) is 1. The Labute approximate surface area is 181 Å². The van der Waals surface area contributed by atoms with E-state index in [1.54, 1.807) is 24.9 Å². The van der Waals surface area contributed by atoms with Gasteiger partial charge in [0.2, 0.25) is 0 Å². The zero-order valence-corrected chi connectivity index (χ0v) is 18.6. The van der Waals surface area contributed by atoms with E-state index in [1.807, 2.05) is 24.5 Å². The summed E-state index contributed by atoms with van der Waals surface area (Å²) in [6, 6.07) is 9.36. The van der Waals surface area contributed by atoms with Crippen molar-refractivity contribution in [1.82, 2.24) is 14.9 Å². The Morgan fingerprint density at radius 3 is 2.73 bits per heavy atom. The molecule has 0 bridgehead atoms. The van der Waals surface area contributed by atoms with Crippen LogP contribution in [0.4, 0.5) is 0 Å². The van der Waals surface area contributed by atoms with Gasteiger partial charge in [-0.25, -0.2) is 9.78 Å².